The first-order valence-corrected chi connectivity index (χ1v) is 13.3. The van der Waals surface area contributed by atoms with Crippen LogP contribution in [-0.2, 0) is 0 Å². The van der Waals surface area contributed by atoms with E-state index < -0.39 is 0 Å². The SMILES string of the molecule is Nc1ccc(N2CCC(O)C2)nc1N1CCCC1.Nc1ccc(N2CCCC2)nc1N1CCCC1. The normalized spacial score (nSPS) is 22.1. The fourth-order valence-corrected chi connectivity index (χ4v) is 5.51. The van der Waals surface area contributed by atoms with E-state index in [9.17, 15) is 5.11 Å². The molecule has 9 heteroatoms. The average Bonchev–Trinajstić information content (AvgIpc) is 3.69. The number of β-amino-alcohol motifs (C(OH)–C–C–N with tert-alkyl or cyclic N) is 1. The van der Waals surface area contributed by atoms with Gasteiger partial charge in [-0.3, -0.25) is 0 Å². The number of aromatic nitrogens is 2. The third-order valence-corrected chi connectivity index (χ3v) is 7.51. The Morgan fingerprint density at radius 2 is 1.03 bits per heavy atom. The molecule has 4 saturated heterocycles. The van der Waals surface area contributed by atoms with Crippen LogP contribution in [0, 0.1) is 0 Å². The number of hydrogen-bond acceptors (Lipinski definition) is 9. The second-order valence-corrected chi connectivity index (χ2v) is 10.1. The van der Waals surface area contributed by atoms with Crippen LogP contribution >= 0.6 is 0 Å². The minimum atomic E-state index is -0.223. The summed E-state index contributed by atoms with van der Waals surface area (Å²) in [5.41, 5.74) is 13.6. The van der Waals surface area contributed by atoms with Gasteiger partial charge in [0, 0.05) is 52.4 Å². The molecule has 0 aliphatic carbocycles. The maximum atomic E-state index is 9.59. The summed E-state index contributed by atoms with van der Waals surface area (Å²) in [5.74, 6) is 3.93. The predicted octanol–water partition coefficient (Wildman–Crippen LogP) is 2.70. The molecule has 2 aromatic rings. The molecule has 4 aliphatic heterocycles. The van der Waals surface area contributed by atoms with Crippen LogP contribution in [0.15, 0.2) is 24.3 Å². The lowest BCUT2D eigenvalue weighted by Crippen LogP contribution is -2.25. The molecule has 5 N–H and O–H groups in total. The third-order valence-electron chi connectivity index (χ3n) is 7.51. The van der Waals surface area contributed by atoms with Crippen molar-refractivity contribution in [3.8, 4) is 0 Å². The zero-order valence-corrected chi connectivity index (χ0v) is 20.8. The molecule has 0 amide bonds. The number of rotatable bonds is 4. The van der Waals surface area contributed by atoms with E-state index in [2.05, 4.69) is 30.6 Å². The number of nitrogens with two attached hydrogens (primary N) is 2. The van der Waals surface area contributed by atoms with Crippen LogP contribution in [0.1, 0.15) is 44.9 Å². The van der Waals surface area contributed by atoms with Gasteiger partial charge in [0.2, 0.25) is 0 Å². The van der Waals surface area contributed by atoms with Crippen molar-refractivity contribution in [1.29, 1.82) is 0 Å². The van der Waals surface area contributed by atoms with Gasteiger partial charge in [0.15, 0.2) is 11.6 Å². The van der Waals surface area contributed by atoms with Crippen molar-refractivity contribution in [3.05, 3.63) is 24.3 Å². The van der Waals surface area contributed by atoms with Crippen LogP contribution in [-0.4, -0.2) is 73.5 Å². The van der Waals surface area contributed by atoms with E-state index in [1.807, 2.05) is 18.2 Å². The Kier molecular flexibility index (Phi) is 7.32. The van der Waals surface area contributed by atoms with Crippen molar-refractivity contribution in [2.45, 2.75) is 51.0 Å². The topological polar surface area (TPSA) is 111 Å². The van der Waals surface area contributed by atoms with E-state index >= 15 is 0 Å². The lowest BCUT2D eigenvalue weighted by Gasteiger charge is -2.22. The summed E-state index contributed by atoms with van der Waals surface area (Å²) in [6.45, 7) is 8.11. The van der Waals surface area contributed by atoms with E-state index in [4.69, 9.17) is 16.5 Å². The number of aliphatic hydroxyl groups is 1. The molecule has 6 heterocycles. The Morgan fingerprint density at radius 3 is 1.46 bits per heavy atom. The van der Waals surface area contributed by atoms with Gasteiger partial charge in [-0.15, -0.1) is 0 Å². The highest BCUT2D eigenvalue weighted by atomic mass is 16.3. The molecule has 9 nitrogen and oxygen atoms in total. The zero-order chi connectivity index (χ0) is 24.2. The van der Waals surface area contributed by atoms with Crippen molar-refractivity contribution in [2.24, 2.45) is 0 Å². The average molecular weight is 481 g/mol. The minimum absolute atomic E-state index is 0.223. The molecule has 190 valence electrons. The fourth-order valence-electron chi connectivity index (χ4n) is 5.51. The van der Waals surface area contributed by atoms with Crippen molar-refractivity contribution in [2.75, 3.05) is 83.4 Å². The maximum absolute atomic E-state index is 9.59. The largest absolute Gasteiger partial charge is 0.396 e. The van der Waals surface area contributed by atoms with Gasteiger partial charge in [-0.25, -0.2) is 9.97 Å². The summed E-state index contributed by atoms with van der Waals surface area (Å²) in [4.78, 5) is 18.5. The molecule has 0 radical (unpaired) electrons. The molecule has 6 rings (SSSR count). The monoisotopic (exact) mass is 480 g/mol. The van der Waals surface area contributed by atoms with Gasteiger partial charge in [-0.2, -0.15) is 0 Å². The van der Waals surface area contributed by atoms with Crippen molar-refractivity contribution >= 4 is 34.6 Å². The Labute approximate surface area is 208 Å². The number of nitrogen functional groups attached to an aromatic ring is 2. The molecule has 0 saturated carbocycles. The maximum Gasteiger partial charge on any atom is 0.154 e. The first-order valence-electron chi connectivity index (χ1n) is 13.3. The molecule has 0 aromatic carbocycles. The molecule has 35 heavy (non-hydrogen) atoms. The molecule has 4 aliphatic rings. The van der Waals surface area contributed by atoms with Gasteiger partial charge >= 0.3 is 0 Å². The first kappa shape index (κ1) is 23.8. The summed E-state index contributed by atoms with van der Waals surface area (Å²) < 4.78 is 0. The highest BCUT2D eigenvalue weighted by Gasteiger charge is 2.24. The van der Waals surface area contributed by atoms with Crippen molar-refractivity contribution in [3.63, 3.8) is 0 Å². The fraction of sp³-hybridized carbons (Fsp3) is 0.615. The lowest BCUT2D eigenvalue weighted by molar-refractivity contribution is 0.198. The number of nitrogens with zero attached hydrogens (tertiary/aromatic N) is 6. The molecule has 1 atom stereocenters. The van der Waals surface area contributed by atoms with Gasteiger partial charge in [-0.05, 0) is 69.2 Å². The quantitative estimate of drug-likeness (QED) is 0.608. The summed E-state index contributed by atoms with van der Waals surface area (Å²) in [6, 6.07) is 7.95. The molecule has 2 aromatic heterocycles. The second kappa shape index (κ2) is 10.8. The second-order valence-electron chi connectivity index (χ2n) is 10.1. The van der Waals surface area contributed by atoms with E-state index in [1.54, 1.807) is 0 Å². The molecule has 4 fully saturated rings. The van der Waals surface area contributed by atoms with Crippen LogP contribution in [0.25, 0.3) is 0 Å². The van der Waals surface area contributed by atoms with Crippen molar-refractivity contribution < 1.29 is 5.11 Å². The smallest absolute Gasteiger partial charge is 0.154 e. The van der Waals surface area contributed by atoms with Crippen LogP contribution in [0.5, 0.6) is 0 Å². The third kappa shape index (κ3) is 5.50. The highest BCUT2D eigenvalue weighted by molar-refractivity contribution is 5.67. The van der Waals surface area contributed by atoms with Gasteiger partial charge in [0.25, 0.3) is 0 Å². The summed E-state index contributed by atoms with van der Waals surface area (Å²) in [7, 11) is 0. The molecule has 1 unspecified atom stereocenters. The zero-order valence-electron chi connectivity index (χ0n) is 20.8. The standard InChI is InChI=1S/C13H20N4O.C13H20N4/c14-11-3-4-12(17-8-5-10(18)9-17)15-13(11)16-6-1-2-7-16;14-11-5-6-12(16-7-1-2-8-16)15-13(11)17-9-3-4-10-17/h3-4,10,18H,1-2,5-9,14H2;5-6H,1-4,7-10,14H2. The number of hydrogen-bond donors (Lipinski definition) is 3. The van der Waals surface area contributed by atoms with Gasteiger partial charge < -0.3 is 36.2 Å². The highest BCUT2D eigenvalue weighted by Crippen LogP contribution is 2.30. The summed E-state index contributed by atoms with van der Waals surface area (Å²) >= 11 is 0. The van der Waals surface area contributed by atoms with Crippen molar-refractivity contribution in [1.82, 2.24) is 9.97 Å². The predicted molar refractivity (Wildman–Crippen MR) is 144 cm³/mol. The summed E-state index contributed by atoms with van der Waals surface area (Å²) in [6.07, 6.45) is 8.12. The summed E-state index contributed by atoms with van der Waals surface area (Å²) in [5, 5.41) is 9.59. The van der Waals surface area contributed by atoms with Crippen LogP contribution in [0.3, 0.4) is 0 Å². The number of anilines is 6. The van der Waals surface area contributed by atoms with E-state index in [-0.39, 0.29) is 6.10 Å². The Bertz CT molecular complexity index is 983. The molecule has 0 bridgehead atoms. The van der Waals surface area contributed by atoms with Gasteiger partial charge in [-0.1, -0.05) is 0 Å². The number of aliphatic hydroxyl groups excluding tert-OH is 1. The van der Waals surface area contributed by atoms with E-state index in [0.29, 0.717) is 6.54 Å². The molecular formula is C26H40N8O. The Balaban J connectivity index is 0.000000145. The molecular weight excluding hydrogens is 440 g/mol. The van der Waals surface area contributed by atoms with Gasteiger partial charge in [0.05, 0.1) is 17.5 Å². The molecule has 0 spiro atoms. The van der Waals surface area contributed by atoms with E-state index in [0.717, 1.165) is 86.9 Å². The minimum Gasteiger partial charge on any atom is -0.396 e. The lowest BCUT2D eigenvalue weighted by atomic mass is 10.3. The van der Waals surface area contributed by atoms with Crippen LogP contribution < -0.4 is 31.1 Å². The Morgan fingerprint density at radius 1 is 0.600 bits per heavy atom. The number of pyridine rings is 2. The van der Waals surface area contributed by atoms with Gasteiger partial charge in [0.1, 0.15) is 11.6 Å². The first-order chi connectivity index (χ1) is 17.1. The van der Waals surface area contributed by atoms with E-state index in [1.165, 1.54) is 38.5 Å². The van der Waals surface area contributed by atoms with Crippen LogP contribution in [0.4, 0.5) is 34.6 Å². The Hall–Kier alpha value is -2.94. The van der Waals surface area contributed by atoms with Crippen LogP contribution in [0.2, 0.25) is 0 Å².